The van der Waals surface area contributed by atoms with Gasteiger partial charge in [0.25, 0.3) is 0 Å². The molecule has 4 rings (SSSR count). The summed E-state index contributed by atoms with van der Waals surface area (Å²) in [6.45, 7) is 9.75. The van der Waals surface area contributed by atoms with E-state index < -0.39 is 28.4 Å². The zero-order valence-corrected chi connectivity index (χ0v) is 20.8. The van der Waals surface area contributed by atoms with Gasteiger partial charge in [0, 0.05) is 18.1 Å². The van der Waals surface area contributed by atoms with Crippen LogP contribution in [0.4, 0.5) is 0 Å². The maximum Gasteiger partial charge on any atom is 0.0969 e. The minimum atomic E-state index is -1.73. The zero-order chi connectivity index (χ0) is 21.5. The van der Waals surface area contributed by atoms with Crippen LogP contribution in [0.1, 0.15) is 12.8 Å². The molecule has 162 valence electrons. The zero-order valence-electron chi connectivity index (χ0n) is 18.8. The first kappa shape index (κ1) is 22.0. The minimum absolute atomic E-state index is 0.0694. The van der Waals surface area contributed by atoms with E-state index in [0.29, 0.717) is 6.04 Å². The first-order valence-corrected chi connectivity index (χ1v) is 17.9. The first-order chi connectivity index (χ1) is 14.2. The Labute approximate surface area is 183 Å². The molecule has 0 aromatic heterocycles. The third-order valence-corrected chi connectivity index (χ3v) is 14.4. The second-order valence-corrected chi connectivity index (χ2v) is 20.2. The highest BCUT2D eigenvalue weighted by Crippen LogP contribution is 2.42. The third kappa shape index (κ3) is 4.10. The number of aliphatic hydroxyl groups is 2. The molecule has 2 N–H and O–H groups in total. The van der Waals surface area contributed by atoms with Crippen LogP contribution < -0.4 is 10.4 Å². The molecule has 2 aliphatic heterocycles. The molecule has 0 amide bonds. The molecule has 3 nitrogen and oxygen atoms in total. The van der Waals surface area contributed by atoms with E-state index in [0.717, 1.165) is 18.9 Å². The molecule has 0 saturated carbocycles. The fourth-order valence-electron chi connectivity index (χ4n) is 5.99. The van der Waals surface area contributed by atoms with Gasteiger partial charge < -0.3 is 10.2 Å². The first-order valence-electron chi connectivity index (χ1n) is 11.5. The fraction of sp³-hybridized carbons (Fsp3) is 0.520. The van der Waals surface area contributed by atoms with Crippen LogP contribution in [-0.4, -0.2) is 61.6 Å². The van der Waals surface area contributed by atoms with E-state index in [1.807, 2.05) is 0 Å². The molecule has 2 fully saturated rings. The summed E-state index contributed by atoms with van der Waals surface area (Å²) in [6.07, 6.45) is 0.907. The van der Waals surface area contributed by atoms with E-state index in [1.54, 1.807) is 0 Å². The Hall–Kier alpha value is -1.25. The van der Waals surface area contributed by atoms with Gasteiger partial charge in [0.1, 0.15) is 0 Å². The highest BCUT2D eigenvalue weighted by molar-refractivity contribution is 6.90. The van der Waals surface area contributed by atoms with Crippen molar-refractivity contribution in [3.63, 3.8) is 0 Å². The molecule has 5 atom stereocenters. The van der Waals surface area contributed by atoms with Crippen molar-refractivity contribution < 1.29 is 10.2 Å². The molecule has 2 aromatic carbocycles. The van der Waals surface area contributed by atoms with Gasteiger partial charge in [0.2, 0.25) is 0 Å². The lowest BCUT2D eigenvalue weighted by atomic mass is 10.0. The largest absolute Gasteiger partial charge is 0.389 e. The summed E-state index contributed by atoms with van der Waals surface area (Å²) in [5.74, 6) is 0. The predicted octanol–water partition coefficient (Wildman–Crippen LogP) is 3.15. The SMILES string of the molecule is C[Si](C)(C[C@H]1CC[C@@H]2[C@H](O)[C@H](O)[C@@H](C[Si](C)(C)c3ccccc3)N12)c1ccccc1. The Morgan fingerprint density at radius 1 is 0.733 bits per heavy atom. The lowest BCUT2D eigenvalue weighted by Gasteiger charge is -2.38. The average Bonchev–Trinajstić information content (AvgIpc) is 3.24. The standard InChI is InChI=1S/C25H37NO2Si2/c1-29(2,20-11-7-5-8-12-20)17-19-15-16-22-24(27)25(28)23(26(19)22)18-30(3,4)21-13-9-6-10-14-21/h5-14,19,22-25,27-28H,15-18H2,1-4H3/t19-,22-,23-,24+,25-/m1/s1. The molecular formula is C25H37NO2Si2. The van der Waals surface area contributed by atoms with Crippen LogP contribution in [0.2, 0.25) is 38.3 Å². The molecule has 0 aliphatic carbocycles. The Kier molecular flexibility index (Phi) is 6.12. The quantitative estimate of drug-likeness (QED) is 0.680. The van der Waals surface area contributed by atoms with E-state index in [9.17, 15) is 10.2 Å². The van der Waals surface area contributed by atoms with Crippen LogP contribution in [0.25, 0.3) is 0 Å². The molecule has 30 heavy (non-hydrogen) atoms. The summed E-state index contributed by atoms with van der Waals surface area (Å²) in [5.41, 5.74) is 0. The van der Waals surface area contributed by atoms with Gasteiger partial charge in [-0.1, -0.05) is 97.2 Å². The van der Waals surface area contributed by atoms with Crippen molar-refractivity contribution in [2.45, 2.75) is 81.5 Å². The van der Waals surface area contributed by atoms with E-state index in [1.165, 1.54) is 16.4 Å². The fourth-order valence-corrected chi connectivity index (χ4v) is 11.7. The van der Waals surface area contributed by atoms with Crippen LogP contribution in [0.5, 0.6) is 0 Å². The van der Waals surface area contributed by atoms with Gasteiger partial charge >= 0.3 is 0 Å². The Balaban J connectivity index is 1.57. The Morgan fingerprint density at radius 3 is 1.77 bits per heavy atom. The van der Waals surface area contributed by atoms with Gasteiger partial charge in [0.05, 0.1) is 28.4 Å². The van der Waals surface area contributed by atoms with Crippen molar-refractivity contribution in [2.24, 2.45) is 0 Å². The topological polar surface area (TPSA) is 43.7 Å². The Morgan fingerprint density at radius 2 is 1.23 bits per heavy atom. The second-order valence-electron chi connectivity index (χ2n) is 10.7. The van der Waals surface area contributed by atoms with Gasteiger partial charge in [-0.3, -0.25) is 4.90 Å². The molecule has 0 bridgehead atoms. The molecular weight excluding hydrogens is 402 g/mol. The van der Waals surface area contributed by atoms with E-state index >= 15 is 0 Å². The normalized spacial score (nSPS) is 29.9. The molecule has 2 heterocycles. The summed E-state index contributed by atoms with van der Waals surface area (Å²) in [4.78, 5) is 2.56. The number of benzene rings is 2. The summed E-state index contributed by atoms with van der Waals surface area (Å²) in [7, 11) is -3.32. The smallest absolute Gasteiger partial charge is 0.0969 e. The number of hydrogen-bond donors (Lipinski definition) is 2. The van der Waals surface area contributed by atoms with E-state index in [2.05, 4.69) is 91.8 Å². The lowest BCUT2D eigenvalue weighted by molar-refractivity contribution is 0.0286. The number of aliphatic hydroxyl groups excluding tert-OH is 2. The summed E-state index contributed by atoms with van der Waals surface area (Å²) >= 11 is 0. The molecule has 0 radical (unpaired) electrons. The van der Waals surface area contributed by atoms with Crippen molar-refractivity contribution >= 4 is 26.5 Å². The van der Waals surface area contributed by atoms with Gasteiger partial charge in [-0.2, -0.15) is 0 Å². The van der Waals surface area contributed by atoms with Gasteiger partial charge in [-0.05, 0) is 24.9 Å². The maximum absolute atomic E-state index is 11.0. The second kappa shape index (κ2) is 8.36. The monoisotopic (exact) mass is 439 g/mol. The third-order valence-electron chi connectivity index (χ3n) is 7.70. The van der Waals surface area contributed by atoms with E-state index in [4.69, 9.17) is 0 Å². The molecule has 5 heteroatoms. The number of rotatable bonds is 6. The summed E-state index contributed by atoms with van der Waals surface area (Å²) < 4.78 is 0. The predicted molar refractivity (Wildman–Crippen MR) is 131 cm³/mol. The summed E-state index contributed by atoms with van der Waals surface area (Å²) in [5, 5.41) is 24.9. The van der Waals surface area contributed by atoms with Crippen molar-refractivity contribution in [2.75, 3.05) is 0 Å². The van der Waals surface area contributed by atoms with Gasteiger partial charge in [0.15, 0.2) is 0 Å². The van der Waals surface area contributed by atoms with Crippen LogP contribution in [-0.2, 0) is 0 Å². The lowest BCUT2D eigenvalue weighted by Crippen LogP contribution is -2.53. The molecule has 0 spiro atoms. The number of fused-ring (bicyclic) bond motifs is 1. The van der Waals surface area contributed by atoms with Crippen molar-refractivity contribution in [3.8, 4) is 0 Å². The van der Waals surface area contributed by atoms with Crippen molar-refractivity contribution in [3.05, 3.63) is 60.7 Å². The van der Waals surface area contributed by atoms with Crippen molar-refractivity contribution in [1.29, 1.82) is 0 Å². The van der Waals surface area contributed by atoms with Gasteiger partial charge in [-0.15, -0.1) is 0 Å². The Bertz CT molecular complexity index is 843. The maximum atomic E-state index is 11.0. The van der Waals surface area contributed by atoms with Crippen LogP contribution in [0.3, 0.4) is 0 Å². The van der Waals surface area contributed by atoms with Crippen molar-refractivity contribution in [1.82, 2.24) is 4.90 Å². The highest BCUT2D eigenvalue weighted by atomic mass is 28.3. The summed E-state index contributed by atoms with van der Waals surface area (Å²) in [6, 6.07) is 24.6. The van der Waals surface area contributed by atoms with Gasteiger partial charge in [-0.25, -0.2) is 0 Å². The molecule has 2 saturated heterocycles. The molecule has 0 unspecified atom stereocenters. The van der Waals surface area contributed by atoms with Crippen LogP contribution in [0, 0.1) is 0 Å². The van der Waals surface area contributed by atoms with E-state index in [-0.39, 0.29) is 12.1 Å². The number of nitrogens with zero attached hydrogens (tertiary/aromatic N) is 1. The minimum Gasteiger partial charge on any atom is -0.389 e. The average molecular weight is 440 g/mol. The number of hydrogen-bond acceptors (Lipinski definition) is 3. The van der Waals surface area contributed by atoms with Crippen LogP contribution in [0.15, 0.2) is 60.7 Å². The highest BCUT2D eigenvalue weighted by Gasteiger charge is 2.54. The molecule has 2 aliphatic rings. The van der Waals surface area contributed by atoms with Crippen LogP contribution >= 0.6 is 0 Å². The molecule has 2 aromatic rings.